The van der Waals surface area contributed by atoms with Gasteiger partial charge in [0.25, 0.3) is 5.91 Å². The number of unbranched alkanes of at least 4 members (excludes halogenated alkanes) is 4. The van der Waals surface area contributed by atoms with Gasteiger partial charge in [-0.15, -0.1) is 0 Å². The smallest absolute Gasteiger partial charge is 0.254 e. The Kier molecular flexibility index (Phi) is 8.45. The fraction of sp³-hybridized carbons (Fsp3) is 0.407. The van der Waals surface area contributed by atoms with Gasteiger partial charge >= 0.3 is 0 Å². The van der Waals surface area contributed by atoms with Gasteiger partial charge in [-0.25, -0.2) is 4.98 Å². The summed E-state index contributed by atoms with van der Waals surface area (Å²) in [7, 11) is 1.66. The quantitative estimate of drug-likeness (QED) is 0.324. The average molecular weight is 419 g/mol. The molecule has 0 radical (unpaired) electrons. The average Bonchev–Trinajstić information content (AvgIpc) is 2.82. The first-order valence-corrected chi connectivity index (χ1v) is 11.5. The number of carbonyl (C=O) groups excluding carboxylic acids is 1. The highest BCUT2D eigenvalue weighted by Gasteiger charge is 2.19. The first-order chi connectivity index (χ1) is 15.2. The Morgan fingerprint density at radius 2 is 1.55 bits per heavy atom. The van der Waals surface area contributed by atoms with Gasteiger partial charge in [-0.05, 0) is 49.2 Å². The van der Waals surface area contributed by atoms with Gasteiger partial charge in [-0.3, -0.25) is 4.79 Å². The van der Waals surface area contributed by atoms with Crippen molar-refractivity contribution in [1.29, 1.82) is 0 Å². The molecule has 2 aromatic carbocycles. The summed E-state index contributed by atoms with van der Waals surface area (Å²) in [6, 6.07) is 17.7. The second kappa shape index (κ2) is 11.5. The summed E-state index contributed by atoms with van der Waals surface area (Å²) in [5.41, 5.74) is 3.38. The van der Waals surface area contributed by atoms with Crippen LogP contribution in [0.15, 0.2) is 54.6 Å². The highest BCUT2D eigenvalue weighted by molar-refractivity contribution is 6.07. The molecule has 3 aromatic rings. The van der Waals surface area contributed by atoms with Crippen molar-refractivity contribution in [1.82, 2.24) is 9.88 Å². The van der Waals surface area contributed by atoms with Crippen molar-refractivity contribution >= 4 is 16.8 Å². The lowest BCUT2D eigenvalue weighted by Gasteiger charge is -2.24. The first-order valence-electron chi connectivity index (χ1n) is 11.5. The Bertz CT molecular complexity index is 972. The Labute approximate surface area is 186 Å². The molecule has 164 valence electrons. The van der Waals surface area contributed by atoms with E-state index in [4.69, 9.17) is 9.72 Å². The highest BCUT2D eigenvalue weighted by Crippen LogP contribution is 2.27. The third kappa shape index (κ3) is 5.84. The maximum atomic E-state index is 13.7. The largest absolute Gasteiger partial charge is 0.497 e. The number of hydrogen-bond donors (Lipinski definition) is 0. The number of pyridine rings is 1. The molecule has 0 saturated carbocycles. The zero-order chi connectivity index (χ0) is 22.1. The second-order valence-electron chi connectivity index (χ2n) is 8.01. The number of para-hydroxylation sites is 1. The molecule has 1 amide bonds. The van der Waals surface area contributed by atoms with E-state index >= 15 is 0 Å². The fourth-order valence-electron chi connectivity index (χ4n) is 3.85. The number of aromatic nitrogens is 1. The number of amides is 1. The van der Waals surface area contributed by atoms with Gasteiger partial charge < -0.3 is 9.64 Å². The van der Waals surface area contributed by atoms with Gasteiger partial charge in [0, 0.05) is 24.0 Å². The Morgan fingerprint density at radius 1 is 0.903 bits per heavy atom. The summed E-state index contributed by atoms with van der Waals surface area (Å²) in [5.74, 6) is 0.916. The minimum Gasteiger partial charge on any atom is -0.497 e. The van der Waals surface area contributed by atoms with Gasteiger partial charge in [0.15, 0.2) is 0 Å². The van der Waals surface area contributed by atoms with Crippen LogP contribution in [0.2, 0.25) is 0 Å². The number of benzene rings is 2. The van der Waals surface area contributed by atoms with Crippen molar-refractivity contribution in [3.05, 3.63) is 60.2 Å². The molecule has 0 N–H and O–H groups in total. The van der Waals surface area contributed by atoms with Crippen LogP contribution in [0.3, 0.4) is 0 Å². The zero-order valence-electron chi connectivity index (χ0n) is 19.1. The molecule has 31 heavy (non-hydrogen) atoms. The lowest BCUT2D eigenvalue weighted by molar-refractivity contribution is 0.0751. The van der Waals surface area contributed by atoms with E-state index in [0.717, 1.165) is 85.1 Å². The molecule has 0 aliphatic heterocycles. The molecule has 0 fully saturated rings. The summed E-state index contributed by atoms with van der Waals surface area (Å²) in [4.78, 5) is 20.6. The SMILES string of the molecule is CCCCCN(CCCCC)C(=O)c1cc(-c2ccc(OC)cc2)nc2ccccc12. The lowest BCUT2D eigenvalue weighted by atomic mass is 10.0. The van der Waals surface area contributed by atoms with Crippen LogP contribution >= 0.6 is 0 Å². The van der Waals surface area contributed by atoms with Crippen LogP contribution in [0.1, 0.15) is 62.7 Å². The van der Waals surface area contributed by atoms with E-state index < -0.39 is 0 Å². The number of nitrogens with zero attached hydrogens (tertiary/aromatic N) is 2. The topological polar surface area (TPSA) is 42.4 Å². The summed E-state index contributed by atoms with van der Waals surface area (Å²) < 4.78 is 5.28. The van der Waals surface area contributed by atoms with Crippen LogP contribution in [0.25, 0.3) is 22.2 Å². The van der Waals surface area contributed by atoms with E-state index in [2.05, 4.69) is 13.8 Å². The summed E-state index contributed by atoms with van der Waals surface area (Å²) >= 11 is 0. The Balaban J connectivity index is 1.99. The molecular formula is C27H34N2O2. The molecule has 0 spiro atoms. The van der Waals surface area contributed by atoms with Crippen molar-refractivity contribution in [2.24, 2.45) is 0 Å². The van der Waals surface area contributed by atoms with Crippen LogP contribution < -0.4 is 4.74 Å². The second-order valence-corrected chi connectivity index (χ2v) is 8.01. The van der Waals surface area contributed by atoms with Crippen molar-refractivity contribution in [2.45, 2.75) is 52.4 Å². The van der Waals surface area contributed by atoms with Crippen LogP contribution in [-0.2, 0) is 0 Å². The molecule has 0 aliphatic rings. The molecule has 0 bridgehead atoms. The number of carbonyl (C=O) groups is 1. The molecule has 0 atom stereocenters. The van der Waals surface area contributed by atoms with Gasteiger partial charge in [-0.2, -0.15) is 0 Å². The van der Waals surface area contributed by atoms with E-state index in [1.807, 2.05) is 59.5 Å². The molecule has 1 aromatic heterocycles. The van der Waals surface area contributed by atoms with Gasteiger partial charge in [0.05, 0.1) is 23.9 Å². The predicted molar refractivity (Wildman–Crippen MR) is 129 cm³/mol. The third-order valence-electron chi connectivity index (χ3n) is 5.68. The van der Waals surface area contributed by atoms with E-state index in [0.29, 0.717) is 0 Å². The van der Waals surface area contributed by atoms with Gasteiger partial charge in [0.2, 0.25) is 0 Å². The molecule has 0 saturated heterocycles. The molecule has 3 rings (SSSR count). The van der Waals surface area contributed by atoms with Crippen molar-refractivity contribution in [2.75, 3.05) is 20.2 Å². The Hall–Kier alpha value is -2.88. The van der Waals surface area contributed by atoms with Crippen molar-refractivity contribution in [3.8, 4) is 17.0 Å². The predicted octanol–water partition coefficient (Wildman–Crippen LogP) is 6.73. The zero-order valence-corrected chi connectivity index (χ0v) is 19.1. The molecule has 0 unspecified atom stereocenters. The van der Waals surface area contributed by atoms with Gasteiger partial charge in [0.1, 0.15) is 5.75 Å². The van der Waals surface area contributed by atoms with Crippen molar-refractivity contribution < 1.29 is 9.53 Å². The van der Waals surface area contributed by atoms with E-state index in [-0.39, 0.29) is 5.91 Å². The van der Waals surface area contributed by atoms with Crippen LogP contribution in [0.4, 0.5) is 0 Å². The van der Waals surface area contributed by atoms with Crippen molar-refractivity contribution in [3.63, 3.8) is 0 Å². The number of methoxy groups -OCH3 is 1. The molecule has 1 heterocycles. The van der Waals surface area contributed by atoms with E-state index in [1.165, 1.54) is 0 Å². The number of fused-ring (bicyclic) bond motifs is 1. The highest BCUT2D eigenvalue weighted by atomic mass is 16.5. The summed E-state index contributed by atoms with van der Waals surface area (Å²) in [5, 5.41) is 0.917. The van der Waals surface area contributed by atoms with E-state index in [9.17, 15) is 4.79 Å². The minimum atomic E-state index is 0.112. The summed E-state index contributed by atoms with van der Waals surface area (Å²) in [6.07, 6.45) is 6.68. The Morgan fingerprint density at radius 3 is 2.16 bits per heavy atom. The van der Waals surface area contributed by atoms with Crippen LogP contribution in [0.5, 0.6) is 5.75 Å². The molecule has 0 aliphatic carbocycles. The van der Waals surface area contributed by atoms with Crippen LogP contribution in [-0.4, -0.2) is 36.0 Å². The fourth-order valence-corrected chi connectivity index (χ4v) is 3.85. The van der Waals surface area contributed by atoms with E-state index in [1.54, 1.807) is 7.11 Å². The normalized spacial score (nSPS) is 10.9. The molecule has 4 heteroatoms. The molecule has 4 nitrogen and oxygen atoms in total. The maximum Gasteiger partial charge on any atom is 0.254 e. The standard InChI is InChI=1S/C27H34N2O2/c1-4-6-10-18-29(19-11-7-5-2)27(30)24-20-26(21-14-16-22(31-3)17-15-21)28-25-13-9-8-12-23(24)25/h8-9,12-17,20H,4-7,10-11,18-19H2,1-3H3. The number of hydrogen-bond acceptors (Lipinski definition) is 3. The monoisotopic (exact) mass is 418 g/mol. The number of ether oxygens (including phenoxy) is 1. The number of rotatable bonds is 11. The summed E-state index contributed by atoms with van der Waals surface area (Å²) in [6.45, 7) is 6.01. The lowest BCUT2D eigenvalue weighted by Crippen LogP contribution is -2.33. The first kappa shape index (κ1) is 22.8. The van der Waals surface area contributed by atoms with Gasteiger partial charge in [-0.1, -0.05) is 57.7 Å². The third-order valence-corrected chi connectivity index (χ3v) is 5.68. The minimum absolute atomic E-state index is 0.112. The van der Waals surface area contributed by atoms with Crippen LogP contribution in [0, 0.1) is 0 Å². The maximum absolute atomic E-state index is 13.7. The molecular weight excluding hydrogens is 384 g/mol.